The largest absolute Gasteiger partial charge is 0.480 e. The van der Waals surface area contributed by atoms with Gasteiger partial charge in [-0.15, -0.1) is 0 Å². The number of nitrogens with zero attached hydrogens (tertiary/aromatic N) is 4. The first kappa shape index (κ1) is 25.5. The highest BCUT2D eigenvalue weighted by molar-refractivity contribution is 5.75. The maximum Gasteiger partial charge on any atom is 0.321 e. The molecule has 3 aliphatic rings. The van der Waals surface area contributed by atoms with Crippen LogP contribution in [-0.2, 0) is 17.8 Å². The molecule has 3 fully saturated rings. The summed E-state index contributed by atoms with van der Waals surface area (Å²) < 4.78 is 2.23. The molecular weight excluding hydrogens is 448 g/mol. The van der Waals surface area contributed by atoms with Crippen LogP contribution in [0.3, 0.4) is 0 Å². The Morgan fingerprint density at radius 2 is 1.86 bits per heavy atom. The minimum Gasteiger partial charge on any atom is -0.480 e. The van der Waals surface area contributed by atoms with E-state index in [1.165, 1.54) is 36.2 Å². The lowest BCUT2D eigenvalue weighted by atomic mass is 9.62. The van der Waals surface area contributed by atoms with E-state index in [-0.39, 0.29) is 11.5 Å². The molecule has 2 aromatic rings. The van der Waals surface area contributed by atoms with Gasteiger partial charge in [-0.25, -0.2) is 0 Å². The maximum absolute atomic E-state index is 12.2. The van der Waals surface area contributed by atoms with Crippen LogP contribution in [0.25, 0.3) is 0 Å². The summed E-state index contributed by atoms with van der Waals surface area (Å²) in [4.78, 5) is 17.2. The van der Waals surface area contributed by atoms with Gasteiger partial charge in [0.25, 0.3) is 0 Å². The number of rotatable bonds is 10. The SMILES string of the molecule is CCn1nc(Cc2ccccc2)cc1C1CCN(CC2CCN(C(C(=O)O)C3(CC)CCC3)C2)CC1. The van der Waals surface area contributed by atoms with Crippen molar-refractivity contribution in [3.05, 3.63) is 53.3 Å². The van der Waals surface area contributed by atoms with E-state index in [9.17, 15) is 9.90 Å². The van der Waals surface area contributed by atoms with Crippen LogP contribution in [0.2, 0.25) is 0 Å². The number of hydrogen-bond acceptors (Lipinski definition) is 4. The third-order valence-electron chi connectivity index (χ3n) is 9.46. The third kappa shape index (κ3) is 5.26. The van der Waals surface area contributed by atoms with Crippen LogP contribution < -0.4 is 0 Å². The standard InChI is InChI=1S/C30H44N4O2/c1-3-30(14-8-15-30)28(29(35)36)33-18-11-24(22-33)21-32-16-12-25(13-17-32)27-20-26(31-34(27)4-2)19-23-9-6-5-7-10-23/h5-7,9-10,20,24-25,28H,3-4,8,11-19,21-22H2,1-2H3,(H,35,36). The van der Waals surface area contributed by atoms with Crippen molar-refractivity contribution < 1.29 is 9.90 Å². The van der Waals surface area contributed by atoms with Crippen LogP contribution in [0, 0.1) is 11.3 Å². The van der Waals surface area contributed by atoms with Crippen molar-refractivity contribution in [2.75, 3.05) is 32.7 Å². The Morgan fingerprint density at radius 3 is 2.47 bits per heavy atom. The van der Waals surface area contributed by atoms with Gasteiger partial charge in [0.2, 0.25) is 0 Å². The second-order valence-corrected chi connectivity index (χ2v) is 11.6. The van der Waals surface area contributed by atoms with E-state index in [0.717, 1.165) is 71.4 Å². The Labute approximate surface area is 216 Å². The average molecular weight is 493 g/mol. The normalized spacial score (nSPS) is 24.0. The van der Waals surface area contributed by atoms with Crippen molar-refractivity contribution in [2.45, 2.75) is 83.7 Å². The summed E-state index contributed by atoms with van der Waals surface area (Å²) in [7, 11) is 0. The fourth-order valence-electron chi connectivity index (χ4n) is 7.24. The fourth-order valence-corrected chi connectivity index (χ4v) is 7.24. The molecule has 196 valence electrons. The Hall–Kier alpha value is -2.18. The minimum atomic E-state index is -0.600. The summed E-state index contributed by atoms with van der Waals surface area (Å²) in [5.74, 6) is 0.575. The van der Waals surface area contributed by atoms with Gasteiger partial charge in [0, 0.05) is 37.7 Å². The minimum absolute atomic E-state index is 0.0145. The van der Waals surface area contributed by atoms with Crippen molar-refractivity contribution in [1.29, 1.82) is 0 Å². The molecule has 1 saturated carbocycles. The number of aromatic nitrogens is 2. The van der Waals surface area contributed by atoms with Crippen LogP contribution in [-0.4, -0.2) is 69.4 Å². The molecule has 6 nitrogen and oxygen atoms in total. The van der Waals surface area contributed by atoms with Crippen molar-refractivity contribution >= 4 is 5.97 Å². The molecule has 36 heavy (non-hydrogen) atoms. The molecule has 6 heteroatoms. The first-order chi connectivity index (χ1) is 17.5. The fraction of sp³-hybridized carbons (Fsp3) is 0.667. The zero-order chi connectivity index (χ0) is 25.1. The number of carbonyl (C=O) groups is 1. The predicted octanol–water partition coefficient (Wildman–Crippen LogP) is 5.03. The molecule has 1 aromatic heterocycles. The summed E-state index contributed by atoms with van der Waals surface area (Å²) in [5.41, 5.74) is 3.92. The van der Waals surface area contributed by atoms with Gasteiger partial charge in [0.1, 0.15) is 6.04 Å². The molecule has 5 rings (SSSR count). The summed E-state index contributed by atoms with van der Waals surface area (Å²) in [6.45, 7) is 10.6. The molecule has 0 bridgehead atoms. The molecule has 1 aromatic carbocycles. The van der Waals surface area contributed by atoms with Crippen LogP contribution in [0.4, 0.5) is 0 Å². The molecule has 2 unspecified atom stereocenters. The monoisotopic (exact) mass is 492 g/mol. The van der Waals surface area contributed by atoms with Crippen LogP contribution >= 0.6 is 0 Å². The van der Waals surface area contributed by atoms with Crippen molar-refractivity contribution in [2.24, 2.45) is 11.3 Å². The predicted molar refractivity (Wildman–Crippen MR) is 143 cm³/mol. The lowest BCUT2D eigenvalue weighted by Crippen LogP contribution is -2.55. The molecule has 1 aliphatic carbocycles. The number of aliphatic carboxylic acids is 1. The second-order valence-electron chi connectivity index (χ2n) is 11.6. The maximum atomic E-state index is 12.2. The van der Waals surface area contributed by atoms with Crippen molar-refractivity contribution in [3.63, 3.8) is 0 Å². The molecular formula is C30H44N4O2. The van der Waals surface area contributed by atoms with Gasteiger partial charge in [-0.1, -0.05) is 43.7 Å². The zero-order valence-corrected chi connectivity index (χ0v) is 22.2. The Kier molecular flexibility index (Phi) is 7.82. The summed E-state index contributed by atoms with van der Waals surface area (Å²) >= 11 is 0. The van der Waals surface area contributed by atoms with Crippen molar-refractivity contribution in [1.82, 2.24) is 19.6 Å². The van der Waals surface area contributed by atoms with E-state index in [2.05, 4.69) is 64.7 Å². The number of aryl methyl sites for hydroxylation is 1. The van der Waals surface area contributed by atoms with Gasteiger partial charge in [0.05, 0.1) is 5.69 Å². The number of benzene rings is 1. The molecule has 2 saturated heterocycles. The molecule has 1 N–H and O–H groups in total. The van der Waals surface area contributed by atoms with Gasteiger partial charge >= 0.3 is 5.97 Å². The highest BCUT2D eigenvalue weighted by Gasteiger charge is 2.50. The molecule has 0 spiro atoms. The van der Waals surface area contributed by atoms with Crippen LogP contribution in [0.1, 0.15) is 81.7 Å². The number of carboxylic acid groups (broad SMARTS) is 1. The topological polar surface area (TPSA) is 61.6 Å². The Bertz CT molecular complexity index is 1000. The lowest BCUT2D eigenvalue weighted by molar-refractivity contribution is -0.152. The second kappa shape index (κ2) is 11.1. The smallest absolute Gasteiger partial charge is 0.321 e. The number of likely N-dealkylation sites (tertiary alicyclic amines) is 2. The highest BCUT2D eigenvalue weighted by Crippen LogP contribution is 2.49. The van der Waals surface area contributed by atoms with Crippen LogP contribution in [0.15, 0.2) is 36.4 Å². The van der Waals surface area contributed by atoms with Gasteiger partial charge in [-0.2, -0.15) is 5.10 Å². The first-order valence-corrected chi connectivity index (χ1v) is 14.3. The van der Waals surface area contributed by atoms with Gasteiger partial charge in [0.15, 0.2) is 0 Å². The number of piperidine rings is 1. The molecule has 2 atom stereocenters. The van der Waals surface area contributed by atoms with Crippen molar-refractivity contribution in [3.8, 4) is 0 Å². The Morgan fingerprint density at radius 1 is 1.11 bits per heavy atom. The van der Waals surface area contributed by atoms with E-state index in [4.69, 9.17) is 5.10 Å². The van der Waals surface area contributed by atoms with Gasteiger partial charge in [-0.3, -0.25) is 14.4 Å². The average Bonchev–Trinajstić information content (AvgIpc) is 3.49. The third-order valence-corrected chi connectivity index (χ3v) is 9.46. The molecule has 2 aliphatic heterocycles. The Balaban J connectivity index is 1.14. The zero-order valence-electron chi connectivity index (χ0n) is 22.2. The quantitative estimate of drug-likeness (QED) is 0.504. The molecule has 3 heterocycles. The summed E-state index contributed by atoms with van der Waals surface area (Å²) in [6, 6.07) is 12.7. The van der Waals surface area contributed by atoms with E-state index in [0.29, 0.717) is 11.8 Å². The van der Waals surface area contributed by atoms with Gasteiger partial charge in [-0.05, 0) is 88.0 Å². The van der Waals surface area contributed by atoms with E-state index < -0.39 is 5.97 Å². The first-order valence-electron chi connectivity index (χ1n) is 14.3. The summed E-state index contributed by atoms with van der Waals surface area (Å²) in [6.07, 6.45) is 8.73. The molecule has 0 amide bonds. The number of hydrogen-bond donors (Lipinski definition) is 1. The van der Waals surface area contributed by atoms with Gasteiger partial charge < -0.3 is 10.0 Å². The number of carboxylic acids is 1. The lowest BCUT2D eigenvalue weighted by Gasteiger charge is -2.48. The van der Waals surface area contributed by atoms with Crippen LogP contribution in [0.5, 0.6) is 0 Å². The molecule has 0 radical (unpaired) electrons. The van der Waals surface area contributed by atoms with E-state index >= 15 is 0 Å². The van der Waals surface area contributed by atoms with E-state index in [1.807, 2.05) is 0 Å². The van der Waals surface area contributed by atoms with E-state index in [1.54, 1.807) is 0 Å². The highest BCUT2D eigenvalue weighted by atomic mass is 16.4. The summed E-state index contributed by atoms with van der Waals surface area (Å²) in [5, 5.41) is 15.0.